The van der Waals surface area contributed by atoms with Crippen LogP contribution >= 0.6 is 0 Å². The SMILES string of the molecule is C=C1NCCN(C(C)=O)C1C. The molecule has 0 bridgehead atoms. The number of hydrogen-bond donors (Lipinski definition) is 1. The molecule has 0 saturated carbocycles. The molecule has 1 amide bonds. The van der Waals surface area contributed by atoms with Crippen molar-refractivity contribution in [1.29, 1.82) is 0 Å². The summed E-state index contributed by atoms with van der Waals surface area (Å²) in [7, 11) is 0. The van der Waals surface area contributed by atoms with Crippen LogP contribution in [0.5, 0.6) is 0 Å². The Hall–Kier alpha value is -0.990. The molecule has 1 fully saturated rings. The number of nitrogens with one attached hydrogen (secondary N) is 1. The van der Waals surface area contributed by atoms with Gasteiger partial charge in [-0.15, -0.1) is 0 Å². The molecule has 11 heavy (non-hydrogen) atoms. The van der Waals surface area contributed by atoms with Crippen molar-refractivity contribution in [2.75, 3.05) is 13.1 Å². The van der Waals surface area contributed by atoms with Gasteiger partial charge in [-0.05, 0) is 6.92 Å². The number of rotatable bonds is 0. The normalized spacial score (nSPS) is 24.7. The van der Waals surface area contributed by atoms with Crippen LogP contribution in [0.4, 0.5) is 0 Å². The molecule has 0 aromatic carbocycles. The molecule has 62 valence electrons. The fraction of sp³-hybridized carbons (Fsp3) is 0.625. The van der Waals surface area contributed by atoms with Gasteiger partial charge in [0.05, 0.1) is 6.04 Å². The lowest BCUT2D eigenvalue weighted by atomic mass is 10.1. The highest BCUT2D eigenvalue weighted by Crippen LogP contribution is 2.09. The summed E-state index contributed by atoms with van der Waals surface area (Å²) in [5, 5.41) is 3.13. The smallest absolute Gasteiger partial charge is 0.220 e. The Balaban J connectivity index is 2.65. The van der Waals surface area contributed by atoms with Crippen LogP contribution in [0.25, 0.3) is 0 Å². The summed E-state index contributed by atoms with van der Waals surface area (Å²) in [6.07, 6.45) is 0. The van der Waals surface area contributed by atoms with Gasteiger partial charge in [-0.1, -0.05) is 6.58 Å². The van der Waals surface area contributed by atoms with E-state index in [2.05, 4.69) is 11.9 Å². The Morgan fingerprint density at radius 2 is 2.45 bits per heavy atom. The molecule has 1 N–H and O–H groups in total. The van der Waals surface area contributed by atoms with Crippen molar-refractivity contribution < 1.29 is 4.79 Å². The molecule has 0 aromatic heterocycles. The fourth-order valence-electron chi connectivity index (χ4n) is 1.30. The van der Waals surface area contributed by atoms with Crippen molar-refractivity contribution >= 4 is 5.91 Å². The Bertz CT molecular complexity index is 189. The van der Waals surface area contributed by atoms with E-state index in [4.69, 9.17) is 0 Å². The fourth-order valence-corrected chi connectivity index (χ4v) is 1.30. The summed E-state index contributed by atoms with van der Waals surface area (Å²) in [5.41, 5.74) is 0.937. The van der Waals surface area contributed by atoms with E-state index in [1.54, 1.807) is 6.92 Å². The van der Waals surface area contributed by atoms with Gasteiger partial charge < -0.3 is 10.2 Å². The van der Waals surface area contributed by atoms with E-state index in [-0.39, 0.29) is 11.9 Å². The number of hydrogen-bond acceptors (Lipinski definition) is 2. The molecule has 1 heterocycles. The van der Waals surface area contributed by atoms with Crippen LogP contribution in [-0.2, 0) is 4.79 Å². The molecule has 0 aliphatic carbocycles. The minimum atomic E-state index is 0.125. The summed E-state index contributed by atoms with van der Waals surface area (Å²) in [6.45, 7) is 9.01. The third-order valence-electron chi connectivity index (χ3n) is 2.08. The molecule has 1 saturated heterocycles. The lowest BCUT2D eigenvalue weighted by molar-refractivity contribution is -0.130. The number of carbonyl (C=O) groups is 1. The van der Waals surface area contributed by atoms with Gasteiger partial charge in [0.1, 0.15) is 0 Å². The number of carbonyl (C=O) groups excluding carboxylic acids is 1. The highest BCUT2D eigenvalue weighted by molar-refractivity contribution is 5.74. The maximum Gasteiger partial charge on any atom is 0.220 e. The van der Waals surface area contributed by atoms with Crippen LogP contribution in [0.1, 0.15) is 13.8 Å². The molecule has 1 aliphatic heterocycles. The summed E-state index contributed by atoms with van der Waals surface area (Å²) in [4.78, 5) is 12.8. The first-order valence-corrected chi connectivity index (χ1v) is 3.83. The van der Waals surface area contributed by atoms with Crippen LogP contribution in [0.15, 0.2) is 12.3 Å². The minimum absolute atomic E-state index is 0.125. The molecule has 0 aromatic rings. The van der Waals surface area contributed by atoms with E-state index in [1.165, 1.54) is 0 Å². The first kappa shape index (κ1) is 8.11. The van der Waals surface area contributed by atoms with Gasteiger partial charge >= 0.3 is 0 Å². The van der Waals surface area contributed by atoms with Crippen LogP contribution in [0.3, 0.4) is 0 Å². The third kappa shape index (κ3) is 1.53. The largest absolute Gasteiger partial charge is 0.385 e. The Labute approximate surface area is 67.1 Å². The summed E-state index contributed by atoms with van der Waals surface area (Å²) in [6, 6.07) is 0.140. The Morgan fingerprint density at radius 3 is 2.91 bits per heavy atom. The van der Waals surface area contributed by atoms with Gasteiger partial charge in [0.2, 0.25) is 5.91 Å². The third-order valence-corrected chi connectivity index (χ3v) is 2.08. The second-order valence-corrected chi connectivity index (χ2v) is 2.84. The van der Waals surface area contributed by atoms with E-state index in [1.807, 2.05) is 11.8 Å². The molecule has 3 nitrogen and oxygen atoms in total. The minimum Gasteiger partial charge on any atom is -0.385 e. The van der Waals surface area contributed by atoms with Crippen molar-refractivity contribution in [2.24, 2.45) is 0 Å². The molecular formula is C8H14N2O. The molecular weight excluding hydrogens is 140 g/mol. The predicted molar refractivity (Wildman–Crippen MR) is 44.0 cm³/mol. The summed E-state index contributed by atoms with van der Waals surface area (Å²) >= 11 is 0. The number of piperazine rings is 1. The first-order valence-electron chi connectivity index (χ1n) is 3.83. The lowest BCUT2D eigenvalue weighted by Crippen LogP contribution is -2.49. The molecule has 0 radical (unpaired) electrons. The first-order chi connectivity index (χ1) is 5.13. The zero-order valence-corrected chi connectivity index (χ0v) is 7.05. The lowest BCUT2D eigenvalue weighted by Gasteiger charge is -2.35. The van der Waals surface area contributed by atoms with Crippen molar-refractivity contribution in [3.05, 3.63) is 12.3 Å². The highest BCUT2D eigenvalue weighted by atomic mass is 16.2. The maximum absolute atomic E-state index is 11.0. The van der Waals surface area contributed by atoms with Gasteiger partial charge in [-0.25, -0.2) is 0 Å². The van der Waals surface area contributed by atoms with Crippen molar-refractivity contribution in [2.45, 2.75) is 19.9 Å². The standard InChI is InChI=1S/C8H14N2O/c1-6-7(2)10(8(3)11)5-4-9-6/h7,9H,1,4-5H2,2-3H3. The summed E-state index contributed by atoms with van der Waals surface area (Å²) < 4.78 is 0. The Kier molecular flexibility index (Phi) is 2.17. The van der Waals surface area contributed by atoms with Crippen molar-refractivity contribution in [3.8, 4) is 0 Å². The maximum atomic E-state index is 11.0. The van der Waals surface area contributed by atoms with Gasteiger partial charge in [-0.3, -0.25) is 4.79 Å². The zero-order chi connectivity index (χ0) is 8.43. The number of amides is 1. The van der Waals surface area contributed by atoms with Crippen LogP contribution in [0.2, 0.25) is 0 Å². The Morgan fingerprint density at radius 1 is 1.82 bits per heavy atom. The average Bonchev–Trinajstić information content (AvgIpc) is 1.94. The van der Waals surface area contributed by atoms with Gasteiger partial charge in [0, 0.05) is 25.7 Å². The molecule has 1 rings (SSSR count). The van der Waals surface area contributed by atoms with Crippen LogP contribution in [0, 0.1) is 0 Å². The summed E-state index contributed by atoms with van der Waals surface area (Å²) in [5.74, 6) is 0.125. The zero-order valence-electron chi connectivity index (χ0n) is 7.05. The van der Waals surface area contributed by atoms with Crippen LogP contribution in [-0.4, -0.2) is 29.9 Å². The predicted octanol–water partition coefficient (Wildman–Crippen LogP) is 0.340. The molecule has 1 atom stereocenters. The second-order valence-electron chi connectivity index (χ2n) is 2.84. The van der Waals surface area contributed by atoms with Crippen LogP contribution < -0.4 is 5.32 Å². The monoisotopic (exact) mass is 154 g/mol. The van der Waals surface area contributed by atoms with Crippen molar-refractivity contribution in [1.82, 2.24) is 10.2 Å². The quantitative estimate of drug-likeness (QED) is 0.545. The van der Waals surface area contributed by atoms with Gasteiger partial charge in [-0.2, -0.15) is 0 Å². The molecule has 1 unspecified atom stereocenters. The second kappa shape index (κ2) is 2.95. The van der Waals surface area contributed by atoms with E-state index < -0.39 is 0 Å². The molecule has 1 aliphatic rings. The van der Waals surface area contributed by atoms with E-state index in [0.29, 0.717) is 0 Å². The van der Waals surface area contributed by atoms with Crippen molar-refractivity contribution in [3.63, 3.8) is 0 Å². The topological polar surface area (TPSA) is 32.3 Å². The van der Waals surface area contributed by atoms with E-state index in [0.717, 1.165) is 18.8 Å². The average molecular weight is 154 g/mol. The molecule has 3 heteroatoms. The number of nitrogens with zero attached hydrogens (tertiary/aromatic N) is 1. The van der Waals surface area contributed by atoms with E-state index in [9.17, 15) is 4.79 Å². The highest BCUT2D eigenvalue weighted by Gasteiger charge is 2.22. The van der Waals surface area contributed by atoms with E-state index >= 15 is 0 Å². The molecule has 0 spiro atoms. The van der Waals surface area contributed by atoms with Gasteiger partial charge in [0.25, 0.3) is 0 Å². The van der Waals surface area contributed by atoms with Gasteiger partial charge in [0.15, 0.2) is 0 Å².